The van der Waals surface area contributed by atoms with Crippen LogP contribution < -0.4 is 5.56 Å². The van der Waals surface area contributed by atoms with Crippen LogP contribution in [0.1, 0.15) is 0 Å². The third kappa shape index (κ3) is 3.65. The average molecular weight is 437 g/mol. The Balaban J connectivity index is 1.72. The second kappa shape index (κ2) is 8.69. The maximum atomic E-state index is 13.7. The summed E-state index contributed by atoms with van der Waals surface area (Å²) >= 11 is 1.28. The van der Waals surface area contributed by atoms with Gasteiger partial charge in [0.2, 0.25) is 5.16 Å². The first-order valence-corrected chi connectivity index (χ1v) is 11.1. The van der Waals surface area contributed by atoms with Gasteiger partial charge in [-0.15, -0.1) is 11.7 Å². The van der Waals surface area contributed by atoms with Crippen molar-refractivity contribution in [1.29, 1.82) is 0 Å². The molecule has 0 saturated heterocycles. The van der Waals surface area contributed by atoms with Crippen LogP contribution in [0.5, 0.6) is 0 Å². The Morgan fingerprint density at radius 1 is 0.906 bits per heavy atom. The molecule has 0 aliphatic heterocycles. The summed E-state index contributed by atoms with van der Waals surface area (Å²) < 4.78 is 1.75. The normalized spacial score (nSPS) is 11.0. The molecule has 0 radical (unpaired) electrons. The highest BCUT2D eigenvalue weighted by atomic mass is 32.2. The molecule has 32 heavy (non-hydrogen) atoms. The highest BCUT2D eigenvalue weighted by Gasteiger charge is 2.20. The minimum absolute atomic E-state index is 0.0847. The molecule has 5 rings (SSSR count). The first kappa shape index (κ1) is 20.0. The predicted molar refractivity (Wildman–Crippen MR) is 130 cm³/mol. The van der Waals surface area contributed by atoms with Crippen LogP contribution in [-0.4, -0.2) is 19.7 Å². The van der Waals surface area contributed by atoms with E-state index in [0.29, 0.717) is 22.4 Å². The standard InChI is InChI=1S/C26H20N4OS/c1-2-17-30-21-16-10-9-15-20(21)22(18-11-5-3-6-12-18)23(25(30)31)32-26-27-24(28-29-26)19-13-7-4-8-14-19/h2-16H,1,17H2,(H,27,28,29). The van der Waals surface area contributed by atoms with Gasteiger partial charge in [-0.05, 0) is 23.4 Å². The highest BCUT2D eigenvalue weighted by Crippen LogP contribution is 2.37. The van der Waals surface area contributed by atoms with E-state index in [1.54, 1.807) is 10.6 Å². The van der Waals surface area contributed by atoms with Gasteiger partial charge in [0, 0.05) is 23.1 Å². The van der Waals surface area contributed by atoms with Gasteiger partial charge in [0.05, 0.1) is 10.4 Å². The molecule has 6 heteroatoms. The number of rotatable bonds is 6. The van der Waals surface area contributed by atoms with E-state index in [-0.39, 0.29) is 5.56 Å². The van der Waals surface area contributed by atoms with Crippen LogP contribution in [0.4, 0.5) is 0 Å². The fourth-order valence-corrected chi connectivity index (χ4v) is 4.72. The zero-order valence-corrected chi connectivity index (χ0v) is 18.0. The molecule has 0 aliphatic carbocycles. The largest absolute Gasteiger partial charge is 0.303 e. The minimum atomic E-state index is -0.0847. The summed E-state index contributed by atoms with van der Waals surface area (Å²) in [6.45, 7) is 4.26. The monoisotopic (exact) mass is 436 g/mol. The molecule has 0 unspecified atom stereocenters. The van der Waals surface area contributed by atoms with Crippen molar-refractivity contribution in [3.63, 3.8) is 0 Å². The van der Waals surface area contributed by atoms with E-state index in [2.05, 4.69) is 21.8 Å². The number of H-pyrrole nitrogens is 1. The Bertz CT molecular complexity index is 1460. The lowest BCUT2D eigenvalue weighted by atomic mass is 10.0. The van der Waals surface area contributed by atoms with Crippen molar-refractivity contribution < 1.29 is 0 Å². The third-order valence-electron chi connectivity index (χ3n) is 5.21. The van der Waals surface area contributed by atoms with E-state index in [9.17, 15) is 4.79 Å². The molecule has 5 aromatic rings. The van der Waals surface area contributed by atoms with Crippen LogP contribution in [0.3, 0.4) is 0 Å². The fraction of sp³-hybridized carbons (Fsp3) is 0.0385. The van der Waals surface area contributed by atoms with Gasteiger partial charge >= 0.3 is 0 Å². The number of nitrogens with one attached hydrogen (secondary N) is 1. The summed E-state index contributed by atoms with van der Waals surface area (Å²) in [6, 6.07) is 27.7. The first-order valence-electron chi connectivity index (χ1n) is 10.2. The number of para-hydroxylation sites is 1. The molecule has 5 nitrogen and oxygen atoms in total. The maximum Gasteiger partial charge on any atom is 0.266 e. The number of hydrogen-bond acceptors (Lipinski definition) is 4. The number of fused-ring (bicyclic) bond motifs is 1. The van der Waals surface area contributed by atoms with E-state index in [1.165, 1.54) is 11.8 Å². The molecule has 3 aromatic carbocycles. The smallest absolute Gasteiger partial charge is 0.266 e. The minimum Gasteiger partial charge on any atom is -0.303 e. The molecular weight excluding hydrogens is 416 g/mol. The molecule has 2 heterocycles. The van der Waals surface area contributed by atoms with E-state index >= 15 is 0 Å². The van der Waals surface area contributed by atoms with Crippen molar-refractivity contribution in [2.24, 2.45) is 0 Å². The maximum absolute atomic E-state index is 13.7. The van der Waals surface area contributed by atoms with Gasteiger partial charge in [-0.1, -0.05) is 84.9 Å². The van der Waals surface area contributed by atoms with Crippen molar-refractivity contribution in [2.75, 3.05) is 0 Å². The second-order valence-electron chi connectivity index (χ2n) is 7.23. The van der Waals surface area contributed by atoms with Gasteiger partial charge in [0.25, 0.3) is 5.56 Å². The molecule has 0 aliphatic rings. The summed E-state index contributed by atoms with van der Waals surface area (Å²) in [7, 11) is 0. The van der Waals surface area contributed by atoms with Crippen LogP contribution in [0.25, 0.3) is 33.4 Å². The van der Waals surface area contributed by atoms with Gasteiger partial charge in [-0.2, -0.15) is 0 Å². The zero-order chi connectivity index (χ0) is 21.9. The summed E-state index contributed by atoms with van der Waals surface area (Å²) in [5.74, 6) is 0.668. The number of allylic oxidation sites excluding steroid dienone is 1. The van der Waals surface area contributed by atoms with Crippen molar-refractivity contribution in [2.45, 2.75) is 16.6 Å². The Hall–Kier alpha value is -3.90. The van der Waals surface area contributed by atoms with Gasteiger partial charge in [-0.3, -0.25) is 9.89 Å². The second-order valence-corrected chi connectivity index (χ2v) is 8.20. The fourth-order valence-electron chi connectivity index (χ4n) is 3.79. The van der Waals surface area contributed by atoms with Crippen molar-refractivity contribution >= 4 is 22.7 Å². The highest BCUT2D eigenvalue weighted by molar-refractivity contribution is 7.99. The van der Waals surface area contributed by atoms with Gasteiger partial charge in [0.1, 0.15) is 0 Å². The molecule has 0 spiro atoms. The van der Waals surface area contributed by atoms with E-state index in [0.717, 1.165) is 27.6 Å². The van der Waals surface area contributed by atoms with Crippen LogP contribution >= 0.6 is 11.8 Å². The first-order chi connectivity index (χ1) is 15.8. The Morgan fingerprint density at radius 3 is 2.28 bits per heavy atom. The van der Waals surface area contributed by atoms with Crippen molar-refractivity contribution in [3.8, 4) is 22.5 Å². The third-order valence-corrected chi connectivity index (χ3v) is 6.16. The average Bonchev–Trinajstić information content (AvgIpc) is 3.32. The van der Waals surface area contributed by atoms with Gasteiger partial charge in [0.15, 0.2) is 5.82 Å². The molecule has 0 atom stereocenters. The predicted octanol–water partition coefficient (Wildman–Crippen LogP) is 5.79. The zero-order valence-electron chi connectivity index (χ0n) is 17.2. The van der Waals surface area contributed by atoms with Crippen LogP contribution in [0.2, 0.25) is 0 Å². The van der Waals surface area contributed by atoms with Crippen LogP contribution in [0, 0.1) is 0 Å². The van der Waals surface area contributed by atoms with E-state index in [1.807, 2.05) is 84.9 Å². The lowest BCUT2D eigenvalue weighted by molar-refractivity contribution is 0.798. The number of nitrogens with zero attached hydrogens (tertiary/aromatic N) is 3. The number of pyridine rings is 1. The molecule has 0 bridgehead atoms. The molecule has 1 N–H and O–H groups in total. The molecule has 0 fully saturated rings. The molecule has 2 aromatic heterocycles. The Morgan fingerprint density at radius 2 is 1.56 bits per heavy atom. The number of aromatic nitrogens is 4. The molecule has 156 valence electrons. The summed E-state index contributed by atoms with van der Waals surface area (Å²) in [6.07, 6.45) is 1.74. The Labute approximate surface area is 189 Å². The lowest BCUT2D eigenvalue weighted by Crippen LogP contribution is -2.22. The summed E-state index contributed by atoms with van der Waals surface area (Å²) in [4.78, 5) is 18.9. The van der Waals surface area contributed by atoms with Crippen LogP contribution in [-0.2, 0) is 6.54 Å². The molecule has 0 amide bonds. The molecule has 0 saturated carbocycles. The van der Waals surface area contributed by atoms with Gasteiger partial charge in [-0.25, -0.2) is 4.98 Å². The van der Waals surface area contributed by atoms with Crippen molar-refractivity contribution in [3.05, 3.63) is 108 Å². The number of aromatic amines is 1. The summed E-state index contributed by atoms with van der Waals surface area (Å²) in [5.41, 5.74) is 3.60. The quantitative estimate of drug-likeness (QED) is 0.342. The SMILES string of the molecule is C=CCn1c(=O)c(Sc2n[nH]c(-c3ccccc3)n2)c(-c2ccccc2)c2ccccc21. The number of benzene rings is 3. The van der Waals surface area contributed by atoms with E-state index < -0.39 is 0 Å². The molecular formula is C26H20N4OS. The summed E-state index contributed by atoms with van der Waals surface area (Å²) in [5, 5.41) is 8.87. The van der Waals surface area contributed by atoms with E-state index in [4.69, 9.17) is 0 Å². The van der Waals surface area contributed by atoms with Gasteiger partial charge < -0.3 is 4.57 Å². The number of hydrogen-bond donors (Lipinski definition) is 1. The van der Waals surface area contributed by atoms with Crippen molar-refractivity contribution in [1.82, 2.24) is 19.7 Å². The van der Waals surface area contributed by atoms with Crippen LogP contribution in [0.15, 0.2) is 112 Å². The Kier molecular flexibility index (Phi) is 5.44. The lowest BCUT2D eigenvalue weighted by Gasteiger charge is -2.16. The topological polar surface area (TPSA) is 63.6 Å².